The maximum atomic E-state index is 5.10. The maximum absolute atomic E-state index is 5.10. The first kappa shape index (κ1) is 9.32. The highest BCUT2D eigenvalue weighted by Crippen LogP contribution is 1.94. The van der Waals surface area contributed by atoms with Crippen molar-refractivity contribution in [3.8, 4) is 0 Å². The molecule has 0 spiro atoms. The molecule has 2 heterocycles. The number of thiol groups is 1. The fourth-order valence-electron chi connectivity index (χ4n) is 0.474. The van der Waals surface area contributed by atoms with Crippen molar-refractivity contribution in [3.05, 3.63) is 12.7 Å². The number of nitrogens with one attached hydrogen (secondary N) is 1. The predicted molar refractivity (Wildman–Crippen MR) is 48.2 cm³/mol. The Kier molecular flexibility index (Phi) is 3.09. The Morgan fingerprint density at radius 3 is 2.08 bits per heavy atom. The topological polar surface area (TPSA) is 124 Å². The third kappa shape index (κ3) is 3.42. The lowest BCUT2D eigenvalue weighted by molar-refractivity contribution is 0.980. The highest BCUT2D eigenvalue weighted by Gasteiger charge is 1.87. The standard InChI is InChI=1S/C2H4N4S.C2H4N4/c3-1-4-2(7)6-5-1;3-6-1-4-5-2-6/h(H4,3,4,5,6,7);1-2H,3H2. The van der Waals surface area contributed by atoms with Gasteiger partial charge in [-0.1, -0.05) is 0 Å². The highest BCUT2D eigenvalue weighted by molar-refractivity contribution is 7.80. The summed E-state index contributed by atoms with van der Waals surface area (Å²) in [5.41, 5.74) is 5.10. The summed E-state index contributed by atoms with van der Waals surface area (Å²) < 4.78 is 1.28. The smallest absolute Gasteiger partial charge is 0.220 e. The second kappa shape index (κ2) is 4.30. The van der Waals surface area contributed by atoms with Crippen LogP contribution in [0.1, 0.15) is 0 Å². The van der Waals surface area contributed by atoms with Gasteiger partial charge in [-0.05, 0) is 0 Å². The first-order valence-corrected chi connectivity index (χ1v) is 3.60. The first-order chi connectivity index (χ1) is 6.18. The lowest BCUT2D eigenvalue weighted by Crippen LogP contribution is -2.02. The molecule has 0 radical (unpaired) electrons. The van der Waals surface area contributed by atoms with Crippen LogP contribution in [0, 0.1) is 0 Å². The minimum absolute atomic E-state index is 0.296. The van der Waals surface area contributed by atoms with Gasteiger partial charge in [0.15, 0.2) is 5.16 Å². The molecule has 0 aromatic carbocycles. The van der Waals surface area contributed by atoms with E-state index < -0.39 is 0 Å². The zero-order valence-electron chi connectivity index (χ0n) is 6.49. The van der Waals surface area contributed by atoms with E-state index in [4.69, 9.17) is 11.6 Å². The van der Waals surface area contributed by atoms with E-state index in [2.05, 4.69) is 38.0 Å². The molecule has 5 N–H and O–H groups in total. The number of hydrogen-bond donors (Lipinski definition) is 4. The molecule has 8 nitrogen and oxygen atoms in total. The van der Waals surface area contributed by atoms with Crippen molar-refractivity contribution in [2.24, 2.45) is 0 Å². The second-order valence-corrected chi connectivity index (χ2v) is 2.37. The average molecular weight is 200 g/mol. The maximum Gasteiger partial charge on any atom is 0.220 e. The monoisotopic (exact) mass is 200 g/mol. The molecule has 0 aliphatic rings. The largest absolute Gasteiger partial charge is 0.368 e. The fraction of sp³-hybridized carbons (Fsp3) is 0. The van der Waals surface area contributed by atoms with Crippen molar-refractivity contribution < 1.29 is 0 Å². The minimum atomic E-state index is 0.296. The fourth-order valence-corrected chi connectivity index (χ4v) is 0.634. The van der Waals surface area contributed by atoms with Gasteiger partial charge in [-0.15, -0.1) is 33.0 Å². The lowest BCUT2D eigenvalue weighted by Gasteiger charge is -1.76. The summed E-state index contributed by atoms with van der Waals surface area (Å²) >= 11 is 3.80. The van der Waals surface area contributed by atoms with Crippen LogP contribution in [0.5, 0.6) is 0 Å². The Morgan fingerprint density at radius 2 is 1.92 bits per heavy atom. The molecular weight excluding hydrogens is 192 g/mol. The van der Waals surface area contributed by atoms with Gasteiger partial charge in [-0.3, -0.25) is 0 Å². The Morgan fingerprint density at radius 1 is 1.31 bits per heavy atom. The molecule has 9 heteroatoms. The van der Waals surface area contributed by atoms with E-state index in [0.717, 1.165) is 0 Å². The Balaban J connectivity index is 0.000000132. The van der Waals surface area contributed by atoms with E-state index in [9.17, 15) is 0 Å². The van der Waals surface area contributed by atoms with Gasteiger partial charge in [0, 0.05) is 0 Å². The number of anilines is 1. The number of nitrogens with zero attached hydrogens (tertiary/aromatic N) is 5. The number of nitrogen functional groups attached to an aromatic ring is 2. The van der Waals surface area contributed by atoms with E-state index in [1.54, 1.807) is 0 Å². The second-order valence-electron chi connectivity index (χ2n) is 1.94. The van der Waals surface area contributed by atoms with Crippen LogP contribution in [0.3, 0.4) is 0 Å². The molecule has 0 atom stereocenters. The molecule has 0 aliphatic heterocycles. The molecule has 0 saturated carbocycles. The molecule has 0 amide bonds. The van der Waals surface area contributed by atoms with Gasteiger partial charge >= 0.3 is 0 Å². The van der Waals surface area contributed by atoms with Crippen molar-refractivity contribution in [1.29, 1.82) is 0 Å². The van der Waals surface area contributed by atoms with E-state index in [1.165, 1.54) is 17.3 Å². The Hall–Kier alpha value is -1.77. The van der Waals surface area contributed by atoms with Crippen LogP contribution < -0.4 is 11.6 Å². The van der Waals surface area contributed by atoms with Gasteiger partial charge in [0.25, 0.3) is 0 Å². The number of aromatic nitrogens is 6. The molecule has 2 aromatic rings. The van der Waals surface area contributed by atoms with Crippen LogP contribution in [0.4, 0.5) is 5.95 Å². The van der Waals surface area contributed by atoms with Crippen LogP contribution in [-0.2, 0) is 0 Å². The lowest BCUT2D eigenvalue weighted by atomic mass is 11.1. The number of nitrogens with two attached hydrogens (primary N) is 2. The molecular formula is C4H8N8S. The minimum Gasteiger partial charge on any atom is -0.368 e. The van der Waals surface area contributed by atoms with Crippen molar-refractivity contribution in [3.63, 3.8) is 0 Å². The van der Waals surface area contributed by atoms with E-state index in [1.807, 2.05) is 0 Å². The van der Waals surface area contributed by atoms with Gasteiger partial charge in [0.05, 0.1) is 0 Å². The average Bonchev–Trinajstić information content (AvgIpc) is 2.64. The van der Waals surface area contributed by atoms with Gasteiger partial charge in [0.2, 0.25) is 5.95 Å². The van der Waals surface area contributed by atoms with Crippen LogP contribution >= 0.6 is 12.6 Å². The normalized spacial score (nSPS) is 9.00. The number of rotatable bonds is 0. The van der Waals surface area contributed by atoms with Gasteiger partial charge in [-0.2, -0.15) is 0 Å². The van der Waals surface area contributed by atoms with Crippen LogP contribution in [0.2, 0.25) is 0 Å². The molecule has 0 unspecified atom stereocenters. The summed E-state index contributed by atoms with van der Waals surface area (Å²) in [6, 6.07) is 0. The summed E-state index contributed by atoms with van der Waals surface area (Å²) in [7, 11) is 0. The summed E-state index contributed by atoms with van der Waals surface area (Å²) in [5.74, 6) is 5.37. The molecule has 0 saturated heterocycles. The van der Waals surface area contributed by atoms with Crippen molar-refractivity contribution in [2.75, 3.05) is 11.6 Å². The predicted octanol–water partition coefficient (Wildman–Crippen LogP) is -1.33. The quantitative estimate of drug-likeness (QED) is 0.308. The van der Waals surface area contributed by atoms with Crippen molar-refractivity contribution >= 4 is 18.6 Å². The molecule has 2 rings (SSSR count). The SMILES string of the molecule is Nc1nnc(S)[nH]1.Nn1cnnc1. The van der Waals surface area contributed by atoms with Crippen molar-refractivity contribution in [1.82, 2.24) is 30.1 Å². The third-order valence-electron chi connectivity index (χ3n) is 0.929. The molecule has 0 aliphatic carbocycles. The Labute approximate surface area is 78.7 Å². The van der Waals surface area contributed by atoms with Crippen LogP contribution in [0.15, 0.2) is 17.8 Å². The summed E-state index contributed by atoms with van der Waals surface area (Å²) in [6.45, 7) is 0. The molecule has 0 fully saturated rings. The summed E-state index contributed by atoms with van der Waals surface area (Å²) in [6.07, 6.45) is 2.83. The number of H-pyrrole nitrogens is 1. The summed E-state index contributed by atoms with van der Waals surface area (Å²) in [5, 5.41) is 14.1. The zero-order chi connectivity index (χ0) is 9.68. The van der Waals surface area contributed by atoms with Gasteiger partial charge in [-0.25, -0.2) is 4.68 Å². The number of hydrogen-bond acceptors (Lipinski definition) is 7. The molecule has 70 valence electrons. The van der Waals surface area contributed by atoms with Gasteiger partial charge in [0.1, 0.15) is 12.7 Å². The summed E-state index contributed by atoms with van der Waals surface area (Å²) in [4.78, 5) is 2.56. The Bertz CT molecular complexity index is 322. The van der Waals surface area contributed by atoms with E-state index in [0.29, 0.717) is 11.1 Å². The molecule has 13 heavy (non-hydrogen) atoms. The van der Waals surface area contributed by atoms with Crippen LogP contribution in [0.25, 0.3) is 0 Å². The zero-order valence-corrected chi connectivity index (χ0v) is 7.39. The van der Waals surface area contributed by atoms with Gasteiger partial charge < -0.3 is 16.6 Å². The highest BCUT2D eigenvalue weighted by atomic mass is 32.1. The van der Waals surface area contributed by atoms with E-state index >= 15 is 0 Å². The molecule has 2 aromatic heterocycles. The first-order valence-electron chi connectivity index (χ1n) is 3.15. The van der Waals surface area contributed by atoms with E-state index in [-0.39, 0.29) is 0 Å². The van der Waals surface area contributed by atoms with Crippen LogP contribution in [-0.4, -0.2) is 30.1 Å². The molecule has 0 bridgehead atoms. The third-order valence-corrected chi connectivity index (χ3v) is 1.13. The number of aromatic amines is 1. The van der Waals surface area contributed by atoms with Crippen molar-refractivity contribution in [2.45, 2.75) is 5.16 Å².